The van der Waals surface area contributed by atoms with Gasteiger partial charge in [0.15, 0.2) is 6.10 Å². The maximum absolute atomic E-state index is 15.7. The molecule has 6 rings (SSSR count). The van der Waals surface area contributed by atoms with E-state index in [0.717, 1.165) is 6.07 Å². The molecule has 7 nitrogen and oxygen atoms in total. The van der Waals surface area contributed by atoms with Gasteiger partial charge in [-0.1, -0.05) is 66.6 Å². The van der Waals surface area contributed by atoms with Crippen molar-refractivity contribution >= 4 is 11.7 Å². The second-order valence-corrected chi connectivity index (χ2v) is 12.2. The van der Waals surface area contributed by atoms with Crippen LogP contribution in [0.5, 0.6) is 11.5 Å². The van der Waals surface area contributed by atoms with Crippen molar-refractivity contribution < 1.29 is 31.8 Å². The normalized spacial score (nSPS) is 17.0. The number of aromatic nitrogens is 1. The Morgan fingerprint density at radius 3 is 2.00 bits per heavy atom. The molecule has 2 heterocycles. The van der Waals surface area contributed by atoms with Crippen LogP contribution in [0.2, 0.25) is 0 Å². The number of ether oxygens (including phenoxy) is 3. The van der Waals surface area contributed by atoms with Gasteiger partial charge in [-0.3, -0.25) is 4.98 Å². The summed E-state index contributed by atoms with van der Waals surface area (Å²) in [7, 11) is 3.07. The van der Waals surface area contributed by atoms with Gasteiger partial charge in [-0.25, -0.2) is 14.2 Å². The average molecular weight is 705 g/mol. The van der Waals surface area contributed by atoms with E-state index in [9.17, 15) is 13.2 Å². The molecule has 5 aromatic rings. The lowest BCUT2D eigenvalue weighted by Crippen LogP contribution is -2.54. The van der Waals surface area contributed by atoms with Gasteiger partial charge in [-0.15, -0.1) is 0 Å². The Morgan fingerprint density at radius 2 is 1.46 bits per heavy atom. The topological polar surface area (TPSA) is 69.3 Å². The number of alkyl halides is 3. The van der Waals surface area contributed by atoms with E-state index in [2.05, 4.69) is 27.0 Å². The zero-order valence-electron chi connectivity index (χ0n) is 28.3. The Hall–Kier alpha value is -6.33. The molecule has 1 N–H and O–H groups in total. The van der Waals surface area contributed by atoms with Crippen LogP contribution in [0.3, 0.4) is 0 Å². The Bertz CT molecular complexity index is 2120. The van der Waals surface area contributed by atoms with Gasteiger partial charge in [0, 0.05) is 23.7 Å². The number of nitrogens with zero attached hydrogens (tertiary/aromatic N) is 3. The number of pyridine rings is 1. The van der Waals surface area contributed by atoms with Crippen molar-refractivity contribution in [2.45, 2.75) is 36.7 Å². The molecule has 0 fully saturated rings. The Labute approximate surface area is 298 Å². The zero-order valence-corrected chi connectivity index (χ0v) is 28.3. The number of halogens is 4. The van der Waals surface area contributed by atoms with Gasteiger partial charge in [0.25, 0.3) is 6.02 Å². The van der Waals surface area contributed by atoms with Crippen LogP contribution in [0.1, 0.15) is 46.9 Å². The Balaban J connectivity index is 1.52. The lowest BCUT2D eigenvalue weighted by Gasteiger charge is -2.42. The summed E-state index contributed by atoms with van der Waals surface area (Å²) in [6.45, 7) is 8.54. The Morgan fingerprint density at radius 1 is 0.846 bits per heavy atom. The summed E-state index contributed by atoms with van der Waals surface area (Å²) in [5, 5.41) is 3.28. The van der Waals surface area contributed by atoms with Gasteiger partial charge in [0.1, 0.15) is 28.5 Å². The quantitative estimate of drug-likeness (QED) is 0.0795. The summed E-state index contributed by atoms with van der Waals surface area (Å²) >= 11 is 0. The third-order valence-electron chi connectivity index (χ3n) is 8.86. The molecule has 0 saturated carbocycles. The molecule has 0 saturated heterocycles. The average Bonchev–Trinajstić information content (AvgIpc) is 3.16. The maximum Gasteiger partial charge on any atom is 0.425 e. The second-order valence-electron chi connectivity index (χ2n) is 12.2. The van der Waals surface area contributed by atoms with E-state index in [1.165, 1.54) is 39.5 Å². The van der Waals surface area contributed by atoms with E-state index in [4.69, 9.17) is 25.8 Å². The first-order chi connectivity index (χ1) is 25.0. The van der Waals surface area contributed by atoms with E-state index in [1.54, 1.807) is 60.7 Å². The maximum atomic E-state index is 15.7. The third kappa shape index (κ3) is 7.26. The highest BCUT2D eigenvalue weighted by molar-refractivity contribution is 5.79. The molecule has 1 aromatic heterocycles. The number of benzene rings is 4. The van der Waals surface area contributed by atoms with Gasteiger partial charge in [-0.05, 0) is 78.1 Å². The third-order valence-corrected chi connectivity index (χ3v) is 8.86. The van der Waals surface area contributed by atoms with Crippen LogP contribution in [0, 0.1) is 24.2 Å². The van der Waals surface area contributed by atoms with Crippen molar-refractivity contribution in [2.75, 3.05) is 14.2 Å². The predicted octanol–water partition coefficient (Wildman–Crippen LogP) is 8.69. The second kappa shape index (κ2) is 14.5. The summed E-state index contributed by atoms with van der Waals surface area (Å²) in [6, 6.07) is 30.1. The van der Waals surface area contributed by atoms with Crippen molar-refractivity contribution in [3.05, 3.63) is 166 Å². The van der Waals surface area contributed by atoms with Crippen LogP contribution in [0.25, 0.3) is 4.85 Å². The van der Waals surface area contributed by atoms with E-state index >= 15 is 4.39 Å². The van der Waals surface area contributed by atoms with E-state index in [1.807, 2.05) is 30.3 Å². The molecule has 0 amide bonds. The molecule has 1 aliphatic heterocycles. The first kappa shape index (κ1) is 35.5. The summed E-state index contributed by atoms with van der Waals surface area (Å²) in [4.78, 5) is 12.2. The van der Waals surface area contributed by atoms with Gasteiger partial charge in [0.05, 0.1) is 26.3 Å². The van der Waals surface area contributed by atoms with Crippen LogP contribution in [0.15, 0.2) is 120 Å². The van der Waals surface area contributed by atoms with Crippen molar-refractivity contribution in [3.8, 4) is 23.3 Å². The van der Waals surface area contributed by atoms with Gasteiger partial charge in [0.2, 0.25) is 5.69 Å². The number of hydrogen-bond acceptors (Lipinski definition) is 6. The number of methoxy groups -OCH3 is 2. The standard InChI is InChI=1S/C41H32F4N4O3/c1-39(35-24-27(11-23-36(35)42)10-16-31-17-18-32(46-2)26-47-31)25-37(41(43,44)45)52-38(48-39)49-40(28-8-6-5-7-9-28,29-12-19-33(50-3)20-13-29)30-14-21-34(51-4)22-15-30/h5-9,11-15,17-24,26,37H,25H2,1,3-4H3,(H,48,49)/t37-,39-/m0/s1. The largest absolute Gasteiger partial charge is 0.497 e. The molecular weight excluding hydrogens is 672 g/mol. The first-order valence-corrected chi connectivity index (χ1v) is 16.1. The molecule has 0 bridgehead atoms. The Kier molecular flexibility index (Phi) is 9.89. The van der Waals surface area contributed by atoms with E-state index in [-0.39, 0.29) is 5.56 Å². The fourth-order valence-corrected chi connectivity index (χ4v) is 6.17. The summed E-state index contributed by atoms with van der Waals surface area (Å²) in [5.41, 5.74) is -0.231. The predicted molar refractivity (Wildman–Crippen MR) is 189 cm³/mol. The number of rotatable bonds is 7. The molecule has 1 aliphatic rings. The highest BCUT2D eigenvalue weighted by Crippen LogP contribution is 2.44. The molecule has 11 heteroatoms. The minimum Gasteiger partial charge on any atom is -0.497 e. The number of aliphatic imine (C=N–C) groups is 1. The van der Waals surface area contributed by atoms with Crippen molar-refractivity contribution in [1.29, 1.82) is 0 Å². The highest BCUT2D eigenvalue weighted by atomic mass is 19.4. The van der Waals surface area contributed by atoms with Crippen LogP contribution in [-0.4, -0.2) is 37.5 Å². The molecule has 0 unspecified atom stereocenters. The highest BCUT2D eigenvalue weighted by Gasteiger charge is 2.51. The number of amidine groups is 1. The number of hydrogen-bond donors (Lipinski definition) is 1. The molecule has 262 valence electrons. The van der Waals surface area contributed by atoms with Gasteiger partial charge < -0.3 is 19.5 Å². The van der Waals surface area contributed by atoms with Crippen molar-refractivity contribution in [3.63, 3.8) is 0 Å². The molecule has 2 atom stereocenters. The molecule has 0 radical (unpaired) electrons. The minimum atomic E-state index is -4.82. The zero-order chi connectivity index (χ0) is 36.9. The molecule has 0 spiro atoms. The van der Waals surface area contributed by atoms with E-state index in [0.29, 0.717) is 45.1 Å². The minimum absolute atomic E-state index is 0.0910. The molecule has 4 aromatic carbocycles. The van der Waals surface area contributed by atoms with Crippen LogP contribution in [-0.2, 0) is 15.8 Å². The lowest BCUT2D eigenvalue weighted by molar-refractivity contribution is -0.209. The first-order valence-electron chi connectivity index (χ1n) is 16.1. The van der Waals surface area contributed by atoms with Crippen LogP contribution >= 0.6 is 0 Å². The molecule has 52 heavy (non-hydrogen) atoms. The van der Waals surface area contributed by atoms with Crippen molar-refractivity contribution in [1.82, 2.24) is 10.3 Å². The monoisotopic (exact) mass is 704 g/mol. The fraction of sp³-hybridized carbons (Fsp3) is 0.195. The van der Waals surface area contributed by atoms with Crippen molar-refractivity contribution in [2.24, 2.45) is 4.99 Å². The lowest BCUT2D eigenvalue weighted by atomic mass is 9.77. The van der Waals surface area contributed by atoms with Gasteiger partial charge >= 0.3 is 6.18 Å². The molecule has 0 aliphatic carbocycles. The smallest absolute Gasteiger partial charge is 0.425 e. The molecular formula is C41H32F4N4O3. The summed E-state index contributed by atoms with van der Waals surface area (Å²) in [5.74, 6) is 6.16. The number of nitrogens with one attached hydrogen (secondary N) is 1. The van der Waals surface area contributed by atoms with Crippen LogP contribution < -0.4 is 14.8 Å². The van der Waals surface area contributed by atoms with E-state index < -0.39 is 41.6 Å². The summed E-state index contributed by atoms with van der Waals surface area (Å²) < 4.78 is 76.3. The SMILES string of the molecule is [C-]#[N+]c1ccc(C#Cc2ccc(F)c([C@]3(C)C[C@@H](C(F)(F)F)OC(NC(c4ccccc4)(c4ccc(OC)cc4)c4ccc(OC)cc4)=N3)c2)nc1. The summed E-state index contributed by atoms with van der Waals surface area (Å²) in [6.07, 6.45) is -6.48. The fourth-order valence-electron chi connectivity index (χ4n) is 6.17. The van der Waals surface area contributed by atoms with Crippen LogP contribution in [0.4, 0.5) is 23.2 Å². The van der Waals surface area contributed by atoms with Gasteiger partial charge in [-0.2, -0.15) is 13.2 Å².